The van der Waals surface area contributed by atoms with Crippen molar-refractivity contribution in [2.45, 2.75) is 49.4 Å². The van der Waals surface area contributed by atoms with Crippen molar-refractivity contribution in [2.24, 2.45) is 0 Å². The molecule has 1 atom stereocenters. The van der Waals surface area contributed by atoms with E-state index in [0.717, 1.165) is 33.6 Å². The number of hydrogen-bond acceptors (Lipinski definition) is 5. The second-order valence-corrected chi connectivity index (χ2v) is 9.09. The summed E-state index contributed by atoms with van der Waals surface area (Å²) < 4.78 is 13.0. The molecule has 1 N–H and O–H groups in total. The normalized spacial score (nSPS) is 14.7. The summed E-state index contributed by atoms with van der Waals surface area (Å²) in [5, 5.41) is 4.68. The van der Waals surface area contributed by atoms with Gasteiger partial charge in [0.2, 0.25) is 5.91 Å². The molecule has 0 bridgehead atoms. The highest BCUT2D eigenvalue weighted by Gasteiger charge is 2.22. The monoisotopic (exact) mass is 401 g/mol. The van der Waals surface area contributed by atoms with Crippen LogP contribution < -0.4 is 5.32 Å². The maximum Gasteiger partial charge on any atom is 0.233 e. The number of nitrogens with zero attached hydrogens (tertiary/aromatic N) is 2. The van der Waals surface area contributed by atoms with Gasteiger partial charge in [-0.25, -0.2) is 14.4 Å². The molecule has 1 aliphatic rings. The van der Waals surface area contributed by atoms with E-state index in [4.69, 9.17) is 0 Å². The van der Waals surface area contributed by atoms with Gasteiger partial charge in [0.05, 0.1) is 5.25 Å². The second-order valence-electron chi connectivity index (χ2n) is 6.67. The first-order valence-electron chi connectivity index (χ1n) is 9.06. The van der Waals surface area contributed by atoms with Gasteiger partial charge in [-0.2, -0.15) is 0 Å². The fraction of sp³-hybridized carbons (Fsp3) is 0.350. The summed E-state index contributed by atoms with van der Waals surface area (Å²) in [6.45, 7) is 2.27. The predicted molar refractivity (Wildman–Crippen MR) is 108 cm³/mol. The van der Waals surface area contributed by atoms with Crippen molar-refractivity contribution in [2.75, 3.05) is 0 Å². The first-order valence-corrected chi connectivity index (χ1v) is 10.8. The van der Waals surface area contributed by atoms with Crippen LogP contribution in [-0.2, 0) is 24.2 Å². The molecule has 0 unspecified atom stereocenters. The minimum absolute atomic E-state index is 0.0554. The topological polar surface area (TPSA) is 54.9 Å². The van der Waals surface area contributed by atoms with Crippen LogP contribution in [0.2, 0.25) is 0 Å². The van der Waals surface area contributed by atoms with E-state index >= 15 is 0 Å². The van der Waals surface area contributed by atoms with Gasteiger partial charge in [-0.1, -0.05) is 23.9 Å². The minimum Gasteiger partial charge on any atom is -0.351 e. The molecule has 0 spiro atoms. The molecule has 0 saturated heterocycles. The molecule has 1 amide bonds. The Morgan fingerprint density at radius 2 is 2.04 bits per heavy atom. The molecule has 0 aliphatic heterocycles. The number of fused-ring (bicyclic) bond motifs is 3. The van der Waals surface area contributed by atoms with Crippen LogP contribution in [0.4, 0.5) is 4.39 Å². The van der Waals surface area contributed by atoms with Crippen molar-refractivity contribution in [1.82, 2.24) is 15.3 Å². The summed E-state index contributed by atoms with van der Waals surface area (Å²) in [4.78, 5) is 23.9. The third-order valence-electron chi connectivity index (χ3n) is 4.75. The molecule has 4 nitrogen and oxygen atoms in total. The molecular formula is C20H20FN3OS2. The number of aromatic nitrogens is 2. The van der Waals surface area contributed by atoms with Crippen LogP contribution in [0, 0.1) is 5.82 Å². The SMILES string of the molecule is C[C@@H](Sc1ncnc2sc3c(c12)CCCC3)C(=O)NCc1ccc(F)cc1. The van der Waals surface area contributed by atoms with Gasteiger partial charge >= 0.3 is 0 Å². The molecule has 3 aromatic rings. The van der Waals surface area contributed by atoms with E-state index in [0.29, 0.717) is 6.54 Å². The molecular weight excluding hydrogens is 381 g/mol. The summed E-state index contributed by atoms with van der Waals surface area (Å²) in [6.07, 6.45) is 6.22. The number of amides is 1. The highest BCUT2D eigenvalue weighted by molar-refractivity contribution is 8.00. The minimum atomic E-state index is -0.277. The Bertz CT molecular complexity index is 971. The lowest BCUT2D eigenvalue weighted by Crippen LogP contribution is -2.30. The van der Waals surface area contributed by atoms with E-state index in [9.17, 15) is 9.18 Å². The number of aryl methyl sites for hydroxylation is 2. The predicted octanol–water partition coefficient (Wildman–Crippen LogP) is 4.51. The number of hydrogen-bond donors (Lipinski definition) is 1. The maximum atomic E-state index is 13.0. The molecule has 2 aromatic heterocycles. The van der Waals surface area contributed by atoms with E-state index in [1.165, 1.54) is 47.2 Å². The number of carbonyl (C=O) groups excluding carboxylic acids is 1. The van der Waals surface area contributed by atoms with E-state index in [1.54, 1.807) is 29.8 Å². The second kappa shape index (κ2) is 7.94. The van der Waals surface area contributed by atoms with Gasteiger partial charge < -0.3 is 5.32 Å². The molecule has 2 heterocycles. The number of nitrogens with one attached hydrogen (secondary N) is 1. The zero-order valence-electron chi connectivity index (χ0n) is 15.0. The molecule has 0 fully saturated rings. The first-order chi connectivity index (χ1) is 13.1. The Kier molecular flexibility index (Phi) is 5.41. The molecule has 7 heteroatoms. The number of carbonyl (C=O) groups is 1. The molecule has 27 heavy (non-hydrogen) atoms. The average Bonchev–Trinajstić information content (AvgIpc) is 3.07. The molecule has 4 rings (SSSR count). The van der Waals surface area contributed by atoms with Gasteiger partial charge in [-0.05, 0) is 55.9 Å². The number of benzene rings is 1. The number of thiophene rings is 1. The van der Waals surface area contributed by atoms with Crippen LogP contribution in [0.15, 0.2) is 35.6 Å². The third-order valence-corrected chi connectivity index (χ3v) is 7.05. The molecule has 0 radical (unpaired) electrons. The molecule has 0 saturated carbocycles. The lowest BCUT2D eigenvalue weighted by atomic mass is 9.97. The first kappa shape index (κ1) is 18.4. The van der Waals surface area contributed by atoms with Crippen molar-refractivity contribution in [3.05, 3.63) is 52.4 Å². The average molecular weight is 402 g/mol. The van der Waals surface area contributed by atoms with Gasteiger partial charge in [0.15, 0.2) is 0 Å². The molecule has 140 valence electrons. The van der Waals surface area contributed by atoms with Gasteiger partial charge in [-0.3, -0.25) is 4.79 Å². The lowest BCUT2D eigenvalue weighted by molar-refractivity contribution is -0.120. The lowest BCUT2D eigenvalue weighted by Gasteiger charge is -2.14. The van der Waals surface area contributed by atoms with E-state index in [1.807, 2.05) is 6.92 Å². The number of rotatable bonds is 5. The van der Waals surface area contributed by atoms with Crippen LogP contribution in [0.5, 0.6) is 0 Å². The summed E-state index contributed by atoms with van der Waals surface area (Å²) in [6, 6.07) is 6.16. The van der Waals surface area contributed by atoms with E-state index in [2.05, 4.69) is 15.3 Å². The molecule has 1 aromatic carbocycles. The van der Waals surface area contributed by atoms with E-state index in [-0.39, 0.29) is 17.0 Å². The van der Waals surface area contributed by atoms with Crippen LogP contribution in [0.1, 0.15) is 35.8 Å². The zero-order valence-corrected chi connectivity index (χ0v) is 16.6. The Balaban J connectivity index is 1.47. The van der Waals surface area contributed by atoms with Crippen LogP contribution in [0.25, 0.3) is 10.2 Å². The van der Waals surface area contributed by atoms with Crippen molar-refractivity contribution < 1.29 is 9.18 Å². The van der Waals surface area contributed by atoms with Gasteiger partial charge in [0.1, 0.15) is 22.0 Å². The Labute approximate surface area is 165 Å². The largest absolute Gasteiger partial charge is 0.351 e. The quantitative estimate of drug-likeness (QED) is 0.505. The standard InChI is InChI=1S/C20H20FN3OS2/c1-12(18(25)22-10-13-6-8-14(21)9-7-13)26-19-17-15-4-2-3-5-16(15)27-20(17)24-11-23-19/h6-9,11-12H,2-5,10H2,1H3,(H,22,25)/t12-/m1/s1. The Morgan fingerprint density at radius 3 is 2.85 bits per heavy atom. The fourth-order valence-electron chi connectivity index (χ4n) is 3.31. The Hall–Kier alpha value is -1.99. The summed E-state index contributed by atoms with van der Waals surface area (Å²) in [5.41, 5.74) is 2.25. The summed E-state index contributed by atoms with van der Waals surface area (Å²) in [7, 11) is 0. The van der Waals surface area contributed by atoms with Crippen LogP contribution in [0.3, 0.4) is 0 Å². The highest BCUT2D eigenvalue weighted by Crippen LogP contribution is 2.40. The van der Waals surface area contributed by atoms with Crippen LogP contribution >= 0.6 is 23.1 Å². The van der Waals surface area contributed by atoms with Gasteiger partial charge in [0, 0.05) is 16.8 Å². The third kappa shape index (κ3) is 3.99. The summed E-state index contributed by atoms with van der Waals surface area (Å²) in [5.74, 6) is -0.332. The van der Waals surface area contributed by atoms with E-state index < -0.39 is 0 Å². The van der Waals surface area contributed by atoms with Gasteiger partial charge in [0.25, 0.3) is 0 Å². The summed E-state index contributed by atoms with van der Waals surface area (Å²) >= 11 is 3.24. The number of halogens is 1. The van der Waals surface area contributed by atoms with Crippen LogP contribution in [-0.4, -0.2) is 21.1 Å². The highest BCUT2D eigenvalue weighted by atomic mass is 32.2. The zero-order chi connectivity index (χ0) is 18.8. The van der Waals surface area contributed by atoms with Crippen molar-refractivity contribution in [1.29, 1.82) is 0 Å². The van der Waals surface area contributed by atoms with Gasteiger partial charge in [-0.15, -0.1) is 11.3 Å². The fourth-order valence-corrected chi connectivity index (χ4v) is 5.57. The Morgan fingerprint density at radius 1 is 1.26 bits per heavy atom. The number of thioether (sulfide) groups is 1. The molecule has 1 aliphatic carbocycles. The van der Waals surface area contributed by atoms with Crippen molar-refractivity contribution >= 4 is 39.2 Å². The maximum absolute atomic E-state index is 13.0. The van der Waals surface area contributed by atoms with Crippen molar-refractivity contribution in [3.8, 4) is 0 Å². The smallest absolute Gasteiger partial charge is 0.233 e. The van der Waals surface area contributed by atoms with Crippen molar-refractivity contribution in [3.63, 3.8) is 0 Å².